The fourth-order valence-electron chi connectivity index (χ4n) is 2.91. The number of benzene rings is 3. The number of carbonyl (C=O) groups is 1. The molecule has 6 heteroatoms. The van der Waals surface area contributed by atoms with Crippen LogP contribution in [0.5, 0.6) is 5.75 Å². The maximum absolute atomic E-state index is 13.4. The summed E-state index contributed by atoms with van der Waals surface area (Å²) in [5.41, 5.74) is 2.59. The summed E-state index contributed by atoms with van der Waals surface area (Å²) in [6, 6.07) is 23.4. The Morgan fingerprint density at radius 1 is 1.07 bits per heavy atom. The van der Waals surface area contributed by atoms with Crippen LogP contribution in [0.15, 0.2) is 72.8 Å². The Morgan fingerprint density at radius 2 is 1.82 bits per heavy atom. The third-order valence-electron chi connectivity index (χ3n) is 4.35. The molecule has 0 unspecified atom stereocenters. The van der Waals surface area contributed by atoms with E-state index in [2.05, 4.69) is 22.6 Å². The van der Waals surface area contributed by atoms with E-state index in [1.54, 1.807) is 12.0 Å². The minimum Gasteiger partial charge on any atom is -0.497 e. The number of ether oxygens (including phenoxy) is 1. The van der Waals surface area contributed by atoms with Crippen LogP contribution >= 0.6 is 33.9 Å². The molecule has 0 aliphatic carbocycles. The molecular formula is C22H17IN2O2S. The standard InChI is InChI=1S/C22H17IN2O2S/c1-27-16-11-12-19-20(13-16)28-22(24-19)25(14-15-7-3-2-4-8-15)21(26)17-9-5-6-10-18(17)23/h2-13H,14H2,1H3. The van der Waals surface area contributed by atoms with Crippen LogP contribution in [-0.4, -0.2) is 18.0 Å². The minimum atomic E-state index is -0.0557. The van der Waals surface area contributed by atoms with E-state index in [1.165, 1.54) is 11.3 Å². The van der Waals surface area contributed by atoms with Gasteiger partial charge in [0.2, 0.25) is 0 Å². The molecule has 0 aliphatic heterocycles. The lowest BCUT2D eigenvalue weighted by Gasteiger charge is -2.20. The SMILES string of the molecule is COc1ccc2nc(N(Cc3ccccc3)C(=O)c3ccccc3I)sc2c1. The molecule has 1 amide bonds. The molecule has 0 N–H and O–H groups in total. The largest absolute Gasteiger partial charge is 0.497 e. The van der Waals surface area contributed by atoms with Crippen LogP contribution in [0.4, 0.5) is 5.13 Å². The van der Waals surface area contributed by atoms with E-state index in [-0.39, 0.29) is 5.91 Å². The highest BCUT2D eigenvalue weighted by Crippen LogP contribution is 2.33. The number of aromatic nitrogens is 1. The van der Waals surface area contributed by atoms with Crippen LogP contribution < -0.4 is 9.64 Å². The van der Waals surface area contributed by atoms with E-state index in [9.17, 15) is 4.79 Å². The molecule has 28 heavy (non-hydrogen) atoms. The Hall–Kier alpha value is -2.45. The average molecular weight is 500 g/mol. The predicted octanol–water partition coefficient (Wildman–Crippen LogP) is 5.76. The van der Waals surface area contributed by atoms with Gasteiger partial charge in [-0.05, 0) is 58.5 Å². The van der Waals surface area contributed by atoms with Gasteiger partial charge < -0.3 is 4.74 Å². The number of halogens is 1. The van der Waals surface area contributed by atoms with Gasteiger partial charge in [0, 0.05) is 3.57 Å². The van der Waals surface area contributed by atoms with Gasteiger partial charge in [0.1, 0.15) is 5.75 Å². The molecule has 0 saturated carbocycles. The molecule has 0 fully saturated rings. The topological polar surface area (TPSA) is 42.4 Å². The van der Waals surface area contributed by atoms with Crippen molar-refractivity contribution in [1.82, 2.24) is 4.98 Å². The maximum atomic E-state index is 13.4. The first-order valence-corrected chi connectivity index (χ1v) is 10.6. The van der Waals surface area contributed by atoms with Crippen LogP contribution in [0.25, 0.3) is 10.2 Å². The molecule has 0 aliphatic rings. The van der Waals surface area contributed by atoms with E-state index in [0.29, 0.717) is 17.2 Å². The van der Waals surface area contributed by atoms with E-state index in [1.807, 2.05) is 72.8 Å². The van der Waals surface area contributed by atoms with Crippen molar-refractivity contribution < 1.29 is 9.53 Å². The normalized spacial score (nSPS) is 10.8. The first-order valence-electron chi connectivity index (χ1n) is 8.70. The highest BCUT2D eigenvalue weighted by atomic mass is 127. The number of thiazole rings is 1. The third-order valence-corrected chi connectivity index (χ3v) is 6.33. The second kappa shape index (κ2) is 8.28. The van der Waals surface area contributed by atoms with Crippen LogP contribution in [0.2, 0.25) is 0 Å². The summed E-state index contributed by atoms with van der Waals surface area (Å²) >= 11 is 3.70. The number of carbonyl (C=O) groups excluding carboxylic acids is 1. The van der Waals surface area contributed by atoms with Crippen LogP contribution in [0, 0.1) is 3.57 Å². The summed E-state index contributed by atoms with van der Waals surface area (Å²) in [5.74, 6) is 0.723. The molecule has 3 aromatic carbocycles. The zero-order valence-electron chi connectivity index (χ0n) is 15.1. The number of methoxy groups -OCH3 is 1. The fourth-order valence-corrected chi connectivity index (χ4v) is 4.52. The van der Waals surface area contributed by atoms with Gasteiger partial charge >= 0.3 is 0 Å². The van der Waals surface area contributed by atoms with E-state index < -0.39 is 0 Å². The van der Waals surface area contributed by atoms with Gasteiger partial charge in [-0.3, -0.25) is 9.69 Å². The molecule has 1 aromatic heterocycles. The van der Waals surface area contributed by atoms with Crippen LogP contribution in [-0.2, 0) is 6.54 Å². The van der Waals surface area contributed by atoms with Gasteiger partial charge in [-0.1, -0.05) is 53.8 Å². The second-order valence-corrected chi connectivity index (χ2v) is 8.36. The van der Waals surface area contributed by atoms with Gasteiger partial charge in [0.05, 0.1) is 29.4 Å². The smallest absolute Gasteiger partial charge is 0.261 e. The molecule has 4 nitrogen and oxygen atoms in total. The van der Waals surface area contributed by atoms with Crippen molar-refractivity contribution in [3.8, 4) is 5.75 Å². The number of fused-ring (bicyclic) bond motifs is 1. The van der Waals surface area contributed by atoms with Crippen molar-refractivity contribution in [3.05, 3.63) is 87.5 Å². The molecule has 0 spiro atoms. The van der Waals surface area contributed by atoms with E-state index >= 15 is 0 Å². The first kappa shape index (κ1) is 18.9. The number of amides is 1. The zero-order chi connectivity index (χ0) is 19.5. The summed E-state index contributed by atoms with van der Waals surface area (Å²) < 4.78 is 7.23. The number of nitrogens with zero attached hydrogens (tertiary/aromatic N) is 2. The number of hydrogen-bond acceptors (Lipinski definition) is 4. The monoisotopic (exact) mass is 500 g/mol. The maximum Gasteiger partial charge on any atom is 0.261 e. The Labute approximate surface area is 180 Å². The lowest BCUT2D eigenvalue weighted by Crippen LogP contribution is -2.30. The van der Waals surface area contributed by atoms with Gasteiger partial charge in [0.15, 0.2) is 5.13 Å². The highest BCUT2D eigenvalue weighted by molar-refractivity contribution is 14.1. The highest BCUT2D eigenvalue weighted by Gasteiger charge is 2.23. The molecule has 140 valence electrons. The van der Waals surface area contributed by atoms with Crippen LogP contribution in [0.1, 0.15) is 15.9 Å². The van der Waals surface area contributed by atoms with Crippen molar-refractivity contribution in [1.29, 1.82) is 0 Å². The Morgan fingerprint density at radius 3 is 2.57 bits per heavy atom. The summed E-state index contributed by atoms with van der Waals surface area (Å²) in [6.07, 6.45) is 0. The molecule has 0 bridgehead atoms. The third kappa shape index (κ3) is 3.88. The van der Waals surface area contributed by atoms with E-state index in [4.69, 9.17) is 9.72 Å². The molecule has 0 radical (unpaired) electrons. The molecular weight excluding hydrogens is 483 g/mol. The summed E-state index contributed by atoms with van der Waals surface area (Å²) in [4.78, 5) is 19.9. The Kier molecular flexibility index (Phi) is 5.59. The van der Waals surface area contributed by atoms with Gasteiger partial charge in [-0.2, -0.15) is 0 Å². The minimum absolute atomic E-state index is 0.0557. The van der Waals surface area contributed by atoms with E-state index in [0.717, 1.165) is 25.1 Å². The van der Waals surface area contributed by atoms with Gasteiger partial charge in [-0.25, -0.2) is 4.98 Å². The van der Waals surface area contributed by atoms with Crippen molar-refractivity contribution >= 4 is 55.2 Å². The van der Waals surface area contributed by atoms with Crippen molar-refractivity contribution in [2.45, 2.75) is 6.54 Å². The van der Waals surface area contributed by atoms with Crippen LogP contribution in [0.3, 0.4) is 0 Å². The fraction of sp³-hybridized carbons (Fsp3) is 0.0909. The summed E-state index contributed by atoms with van der Waals surface area (Å²) in [7, 11) is 1.64. The van der Waals surface area contributed by atoms with Crippen molar-refractivity contribution in [3.63, 3.8) is 0 Å². The second-order valence-electron chi connectivity index (χ2n) is 6.19. The van der Waals surface area contributed by atoms with Gasteiger partial charge in [-0.15, -0.1) is 0 Å². The summed E-state index contributed by atoms with van der Waals surface area (Å²) in [6.45, 7) is 0.460. The quantitative estimate of drug-likeness (QED) is 0.328. The molecule has 0 atom stereocenters. The molecule has 0 saturated heterocycles. The van der Waals surface area contributed by atoms with Gasteiger partial charge in [0.25, 0.3) is 5.91 Å². The Balaban J connectivity index is 1.78. The van der Waals surface area contributed by atoms with Crippen molar-refractivity contribution in [2.24, 2.45) is 0 Å². The molecule has 1 heterocycles. The number of hydrogen-bond donors (Lipinski definition) is 0. The lowest BCUT2D eigenvalue weighted by atomic mass is 10.1. The number of rotatable bonds is 5. The summed E-state index contributed by atoms with van der Waals surface area (Å²) in [5, 5.41) is 0.678. The first-order chi connectivity index (χ1) is 13.7. The van der Waals surface area contributed by atoms with Crippen molar-refractivity contribution in [2.75, 3.05) is 12.0 Å². The predicted molar refractivity (Wildman–Crippen MR) is 122 cm³/mol. The molecule has 4 aromatic rings. The zero-order valence-corrected chi connectivity index (χ0v) is 18.1. The lowest BCUT2D eigenvalue weighted by molar-refractivity contribution is 0.0984. The number of anilines is 1. The Bertz CT molecular complexity index is 1130. The molecule has 4 rings (SSSR count). The average Bonchev–Trinajstić information content (AvgIpc) is 3.15.